The van der Waals surface area contributed by atoms with E-state index >= 15 is 0 Å². The van der Waals surface area contributed by atoms with Gasteiger partial charge in [0.25, 0.3) is 5.91 Å². The predicted octanol–water partition coefficient (Wildman–Crippen LogP) is 3.20. The maximum Gasteiger partial charge on any atom is 0.262 e. The molecule has 25 heavy (non-hydrogen) atoms. The van der Waals surface area contributed by atoms with E-state index in [0.717, 1.165) is 5.56 Å². The first-order valence-electron chi connectivity index (χ1n) is 7.23. The number of amides is 1. The molecule has 0 aliphatic carbocycles. The molecule has 0 saturated heterocycles. The quantitative estimate of drug-likeness (QED) is 0.737. The van der Waals surface area contributed by atoms with Crippen molar-refractivity contribution < 1.29 is 9.53 Å². The number of anilines is 1. The summed E-state index contributed by atoms with van der Waals surface area (Å²) in [5.74, 6) is 0.666. The molecule has 2 aromatic carbocycles. The van der Waals surface area contributed by atoms with Crippen molar-refractivity contribution in [3.05, 3.63) is 52.5 Å². The zero-order chi connectivity index (χ0) is 17.8. The Kier molecular flexibility index (Phi) is 5.16. The molecule has 3 aromatic rings. The number of carbonyl (C=O) groups is 1. The number of nitrogens with one attached hydrogen (secondary N) is 1. The lowest BCUT2D eigenvalue weighted by Gasteiger charge is -2.09. The van der Waals surface area contributed by atoms with Crippen LogP contribution in [-0.4, -0.2) is 32.7 Å². The summed E-state index contributed by atoms with van der Waals surface area (Å²) < 4.78 is 6.96. The van der Waals surface area contributed by atoms with E-state index < -0.39 is 0 Å². The number of benzene rings is 2. The zero-order valence-electron chi connectivity index (χ0n) is 13.1. The Morgan fingerprint density at radius 2 is 2.08 bits per heavy atom. The van der Waals surface area contributed by atoms with Crippen LogP contribution in [-0.2, 0) is 11.8 Å². The summed E-state index contributed by atoms with van der Waals surface area (Å²) in [6, 6.07) is 12.0. The fraction of sp³-hybridized carbons (Fsp3) is 0.125. The third-order valence-corrected chi connectivity index (χ3v) is 3.81. The average Bonchev–Trinajstić information content (AvgIpc) is 3.00. The van der Waals surface area contributed by atoms with E-state index in [-0.39, 0.29) is 12.5 Å². The van der Waals surface area contributed by atoms with Crippen LogP contribution < -0.4 is 10.1 Å². The Morgan fingerprint density at radius 3 is 2.80 bits per heavy atom. The van der Waals surface area contributed by atoms with Crippen LogP contribution in [0.25, 0.3) is 11.4 Å². The molecule has 0 bridgehead atoms. The third kappa shape index (κ3) is 4.26. The van der Waals surface area contributed by atoms with Crippen molar-refractivity contribution in [1.82, 2.24) is 20.2 Å². The van der Waals surface area contributed by atoms with Crippen LogP contribution in [0, 0.1) is 0 Å². The van der Waals surface area contributed by atoms with Gasteiger partial charge < -0.3 is 10.1 Å². The van der Waals surface area contributed by atoms with E-state index in [1.165, 1.54) is 0 Å². The Bertz CT molecular complexity index is 913. The van der Waals surface area contributed by atoms with Gasteiger partial charge in [-0.1, -0.05) is 35.3 Å². The number of nitrogens with zero attached hydrogens (tertiary/aromatic N) is 4. The van der Waals surface area contributed by atoms with Crippen molar-refractivity contribution in [3.8, 4) is 17.1 Å². The monoisotopic (exact) mass is 377 g/mol. The molecule has 0 atom stereocenters. The van der Waals surface area contributed by atoms with E-state index in [1.807, 2.05) is 6.07 Å². The SMILES string of the molecule is Cn1nnnc1-c1cccc(NC(=O)COc2ccc(Cl)cc2Cl)c1. The topological polar surface area (TPSA) is 81.9 Å². The smallest absolute Gasteiger partial charge is 0.262 e. The molecule has 1 amide bonds. The second-order valence-electron chi connectivity index (χ2n) is 5.12. The first kappa shape index (κ1) is 17.2. The van der Waals surface area contributed by atoms with Gasteiger partial charge in [-0.25, -0.2) is 4.68 Å². The molecule has 0 radical (unpaired) electrons. The number of hydrogen-bond donors (Lipinski definition) is 1. The van der Waals surface area contributed by atoms with Crippen molar-refractivity contribution in [2.24, 2.45) is 7.05 Å². The number of halogens is 2. The molecule has 0 unspecified atom stereocenters. The second kappa shape index (κ2) is 7.50. The summed E-state index contributed by atoms with van der Waals surface area (Å²) in [5.41, 5.74) is 1.39. The molecule has 7 nitrogen and oxygen atoms in total. The van der Waals surface area contributed by atoms with Crippen LogP contribution in [0.4, 0.5) is 5.69 Å². The highest BCUT2D eigenvalue weighted by Gasteiger charge is 2.09. The standard InChI is InChI=1S/C16H13Cl2N5O2/c1-23-16(20-21-22-23)10-3-2-4-12(7-10)19-15(24)9-25-14-6-5-11(17)8-13(14)18/h2-8H,9H2,1H3,(H,19,24). The third-order valence-electron chi connectivity index (χ3n) is 3.28. The largest absolute Gasteiger partial charge is 0.482 e. The minimum Gasteiger partial charge on any atom is -0.482 e. The van der Waals surface area contributed by atoms with Crippen LogP contribution in [0.5, 0.6) is 5.75 Å². The molecule has 0 saturated carbocycles. The van der Waals surface area contributed by atoms with Crippen LogP contribution in [0.3, 0.4) is 0 Å². The van der Waals surface area contributed by atoms with Crippen LogP contribution in [0.1, 0.15) is 0 Å². The fourth-order valence-corrected chi connectivity index (χ4v) is 2.61. The summed E-state index contributed by atoms with van der Waals surface area (Å²) in [7, 11) is 1.74. The summed E-state index contributed by atoms with van der Waals surface area (Å²) in [4.78, 5) is 12.1. The molecule has 1 N–H and O–H groups in total. The summed E-state index contributed by atoms with van der Waals surface area (Å²) >= 11 is 11.8. The number of rotatable bonds is 5. The molecule has 0 aliphatic heterocycles. The molecular weight excluding hydrogens is 365 g/mol. The Morgan fingerprint density at radius 1 is 1.24 bits per heavy atom. The van der Waals surface area contributed by atoms with E-state index in [0.29, 0.717) is 27.3 Å². The van der Waals surface area contributed by atoms with E-state index in [1.54, 1.807) is 48.1 Å². The number of ether oxygens (including phenoxy) is 1. The minimum absolute atomic E-state index is 0.183. The molecule has 1 aromatic heterocycles. The predicted molar refractivity (Wildman–Crippen MR) is 94.8 cm³/mol. The summed E-state index contributed by atoms with van der Waals surface area (Å²) in [6.07, 6.45) is 0. The maximum atomic E-state index is 12.1. The Balaban J connectivity index is 1.64. The highest BCUT2D eigenvalue weighted by Crippen LogP contribution is 2.27. The molecule has 1 heterocycles. The molecule has 3 rings (SSSR count). The molecule has 0 aliphatic rings. The van der Waals surface area contributed by atoms with Gasteiger partial charge in [-0.2, -0.15) is 0 Å². The lowest BCUT2D eigenvalue weighted by molar-refractivity contribution is -0.118. The fourth-order valence-electron chi connectivity index (χ4n) is 2.14. The summed E-state index contributed by atoms with van der Waals surface area (Å²) in [5, 5.41) is 14.9. The van der Waals surface area contributed by atoms with Gasteiger partial charge in [-0.15, -0.1) is 5.10 Å². The van der Waals surface area contributed by atoms with Gasteiger partial charge >= 0.3 is 0 Å². The molecule has 128 valence electrons. The van der Waals surface area contributed by atoms with E-state index in [2.05, 4.69) is 20.8 Å². The second-order valence-corrected chi connectivity index (χ2v) is 5.96. The van der Waals surface area contributed by atoms with Crippen LogP contribution >= 0.6 is 23.2 Å². The lowest BCUT2D eigenvalue weighted by atomic mass is 10.2. The first-order chi connectivity index (χ1) is 12.0. The lowest BCUT2D eigenvalue weighted by Crippen LogP contribution is -2.20. The van der Waals surface area contributed by atoms with Crippen molar-refractivity contribution in [2.45, 2.75) is 0 Å². The number of carbonyl (C=O) groups excluding carboxylic acids is 1. The van der Waals surface area contributed by atoms with Crippen LogP contribution in [0.15, 0.2) is 42.5 Å². The van der Waals surface area contributed by atoms with Crippen molar-refractivity contribution in [1.29, 1.82) is 0 Å². The Labute approximate surface area is 153 Å². The van der Waals surface area contributed by atoms with Gasteiger partial charge in [0.1, 0.15) is 5.75 Å². The number of hydrogen-bond acceptors (Lipinski definition) is 5. The van der Waals surface area contributed by atoms with Gasteiger partial charge in [0.05, 0.1) is 5.02 Å². The molecule has 0 fully saturated rings. The average molecular weight is 378 g/mol. The number of aryl methyl sites for hydroxylation is 1. The van der Waals surface area contributed by atoms with Gasteiger partial charge in [0.2, 0.25) is 0 Å². The molecule has 0 spiro atoms. The van der Waals surface area contributed by atoms with Crippen molar-refractivity contribution in [2.75, 3.05) is 11.9 Å². The first-order valence-corrected chi connectivity index (χ1v) is 7.99. The highest BCUT2D eigenvalue weighted by atomic mass is 35.5. The van der Waals surface area contributed by atoms with Crippen molar-refractivity contribution >= 4 is 34.8 Å². The van der Waals surface area contributed by atoms with Gasteiger partial charge in [0.15, 0.2) is 12.4 Å². The van der Waals surface area contributed by atoms with Gasteiger partial charge in [0, 0.05) is 23.3 Å². The van der Waals surface area contributed by atoms with Crippen molar-refractivity contribution in [3.63, 3.8) is 0 Å². The van der Waals surface area contributed by atoms with Crippen LogP contribution in [0.2, 0.25) is 10.0 Å². The van der Waals surface area contributed by atoms with E-state index in [4.69, 9.17) is 27.9 Å². The van der Waals surface area contributed by atoms with Gasteiger partial charge in [-0.3, -0.25) is 4.79 Å². The minimum atomic E-state index is -0.320. The highest BCUT2D eigenvalue weighted by molar-refractivity contribution is 6.35. The van der Waals surface area contributed by atoms with Gasteiger partial charge in [-0.05, 0) is 40.8 Å². The Hall–Kier alpha value is -2.64. The maximum absolute atomic E-state index is 12.1. The number of aromatic nitrogens is 4. The van der Waals surface area contributed by atoms with E-state index in [9.17, 15) is 4.79 Å². The normalized spacial score (nSPS) is 10.5. The zero-order valence-corrected chi connectivity index (χ0v) is 14.6. The summed E-state index contributed by atoms with van der Waals surface area (Å²) in [6.45, 7) is -0.183. The number of tetrazole rings is 1. The molecular formula is C16H13Cl2N5O2. The molecule has 9 heteroatoms.